The molecule has 0 unspecified atom stereocenters. The number of nitrogens with one attached hydrogen (secondary N) is 2. The minimum atomic E-state index is 0. The predicted molar refractivity (Wildman–Crippen MR) is 75.3 cm³/mol. The summed E-state index contributed by atoms with van der Waals surface area (Å²) in [5, 5.41) is 10.7. The number of hydrogen-bond donors (Lipinski definition) is 2. The van der Waals surface area contributed by atoms with Crippen molar-refractivity contribution in [3.05, 3.63) is 17.4 Å². The average Bonchev–Trinajstić information content (AvgIpc) is 2.72. The maximum atomic E-state index is 11.4. The number of amides is 1. The number of carbonyl (C=O) groups excluding carboxylic acids is 1. The Hall–Kier alpha value is -0.780. The molecule has 0 bridgehead atoms. The third kappa shape index (κ3) is 7.53. The van der Waals surface area contributed by atoms with Crippen molar-refractivity contribution in [2.45, 2.75) is 26.3 Å². The summed E-state index contributed by atoms with van der Waals surface area (Å²) in [5.41, 5.74) is 0. The fraction of sp³-hybridized carbons (Fsp3) is 0.636. The summed E-state index contributed by atoms with van der Waals surface area (Å²) in [6, 6.07) is 0. The van der Waals surface area contributed by atoms with Crippen molar-refractivity contribution in [3.63, 3.8) is 0 Å². The zero-order chi connectivity index (χ0) is 12.5. The Bertz CT molecular complexity index is 344. The molecule has 1 rings (SSSR count). The molecule has 0 saturated carbocycles. The zero-order valence-electron chi connectivity index (χ0n) is 10.5. The van der Waals surface area contributed by atoms with Gasteiger partial charge in [-0.1, -0.05) is 18.5 Å². The number of rotatable bonds is 8. The van der Waals surface area contributed by atoms with Gasteiger partial charge in [-0.25, -0.2) is 0 Å². The van der Waals surface area contributed by atoms with E-state index in [0.717, 1.165) is 19.5 Å². The van der Waals surface area contributed by atoms with Gasteiger partial charge in [0.05, 0.1) is 11.2 Å². The summed E-state index contributed by atoms with van der Waals surface area (Å²) in [7, 11) is 0. The molecule has 2 N–H and O–H groups in total. The molecule has 0 fully saturated rings. The molecule has 0 radical (unpaired) electrons. The topological polar surface area (TPSA) is 58.9 Å². The van der Waals surface area contributed by atoms with Gasteiger partial charge < -0.3 is 10.6 Å². The fourth-order valence-corrected chi connectivity index (χ4v) is 1.51. The Morgan fingerprint density at radius 3 is 2.83 bits per heavy atom. The molecule has 5 nitrogen and oxygen atoms in total. The number of aryl methyl sites for hydroxylation is 1. The van der Waals surface area contributed by atoms with Gasteiger partial charge >= 0.3 is 0 Å². The lowest BCUT2D eigenvalue weighted by Crippen LogP contribution is -2.32. The van der Waals surface area contributed by atoms with Crippen LogP contribution in [0.25, 0.3) is 0 Å². The normalized spacial score (nSPS) is 9.89. The quantitative estimate of drug-likeness (QED) is 0.714. The van der Waals surface area contributed by atoms with Gasteiger partial charge in [-0.05, 0) is 13.0 Å². The minimum absolute atomic E-state index is 0. The standard InChI is InChI=1S/C11H19ClN4O.ClH/c1-2-4-13-5-6-14-11(17)3-7-16-9-10(12)8-15-16;/h8-9,13H,2-7H2,1H3,(H,14,17);1H. The monoisotopic (exact) mass is 294 g/mol. The van der Waals surface area contributed by atoms with Gasteiger partial charge in [0.1, 0.15) is 0 Å². The van der Waals surface area contributed by atoms with Crippen molar-refractivity contribution in [3.8, 4) is 0 Å². The van der Waals surface area contributed by atoms with Crippen LogP contribution < -0.4 is 10.6 Å². The van der Waals surface area contributed by atoms with Gasteiger partial charge in [0.25, 0.3) is 0 Å². The molecule has 0 atom stereocenters. The van der Waals surface area contributed by atoms with Crippen molar-refractivity contribution >= 4 is 29.9 Å². The highest BCUT2D eigenvalue weighted by molar-refractivity contribution is 6.30. The van der Waals surface area contributed by atoms with Crippen molar-refractivity contribution < 1.29 is 4.79 Å². The van der Waals surface area contributed by atoms with Gasteiger partial charge in [0, 0.05) is 32.3 Å². The average molecular weight is 295 g/mol. The van der Waals surface area contributed by atoms with Gasteiger partial charge in [-0.2, -0.15) is 5.10 Å². The number of carbonyl (C=O) groups is 1. The summed E-state index contributed by atoms with van der Waals surface area (Å²) in [5.74, 6) is 0.0370. The van der Waals surface area contributed by atoms with Crippen LogP contribution in [0.4, 0.5) is 0 Å². The maximum Gasteiger partial charge on any atom is 0.221 e. The van der Waals surface area contributed by atoms with Crippen LogP contribution in [0, 0.1) is 0 Å². The summed E-state index contributed by atoms with van der Waals surface area (Å²) in [6.07, 6.45) is 4.80. The first kappa shape index (κ1) is 17.2. The first-order valence-corrected chi connectivity index (χ1v) is 6.25. The van der Waals surface area contributed by atoms with Crippen LogP contribution in [0.1, 0.15) is 19.8 Å². The van der Waals surface area contributed by atoms with Crippen LogP contribution in [-0.2, 0) is 11.3 Å². The first-order valence-electron chi connectivity index (χ1n) is 5.87. The Morgan fingerprint density at radius 1 is 1.44 bits per heavy atom. The summed E-state index contributed by atoms with van der Waals surface area (Å²) < 4.78 is 1.66. The molecule has 1 heterocycles. The summed E-state index contributed by atoms with van der Waals surface area (Å²) >= 11 is 5.72. The maximum absolute atomic E-state index is 11.4. The van der Waals surface area contributed by atoms with Crippen molar-refractivity contribution in [1.29, 1.82) is 0 Å². The van der Waals surface area contributed by atoms with Crippen LogP contribution in [-0.4, -0.2) is 35.3 Å². The largest absolute Gasteiger partial charge is 0.355 e. The number of hydrogen-bond acceptors (Lipinski definition) is 3. The Balaban J connectivity index is 0.00000289. The van der Waals surface area contributed by atoms with E-state index in [9.17, 15) is 4.79 Å². The van der Waals surface area contributed by atoms with E-state index >= 15 is 0 Å². The second-order valence-corrected chi connectivity index (χ2v) is 4.21. The molecular weight excluding hydrogens is 275 g/mol. The summed E-state index contributed by atoms with van der Waals surface area (Å²) in [6.45, 7) is 5.13. The van der Waals surface area contributed by atoms with Crippen molar-refractivity contribution in [1.82, 2.24) is 20.4 Å². The van der Waals surface area contributed by atoms with Crippen molar-refractivity contribution in [2.24, 2.45) is 0 Å². The van der Waals surface area contributed by atoms with Crippen LogP contribution in [0.3, 0.4) is 0 Å². The van der Waals surface area contributed by atoms with E-state index in [4.69, 9.17) is 11.6 Å². The van der Waals surface area contributed by atoms with E-state index in [-0.39, 0.29) is 18.3 Å². The molecule has 1 aromatic rings. The fourth-order valence-electron chi connectivity index (χ4n) is 1.36. The molecule has 0 aliphatic carbocycles. The van der Waals surface area contributed by atoms with E-state index in [2.05, 4.69) is 22.7 Å². The van der Waals surface area contributed by atoms with Gasteiger partial charge in [-0.3, -0.25) is 9.48 Å². The number of halogens is 2. The van der Waals surface area contributed by atoms with Crippen LogP contribution in [0.5, 0.6) is 0 Å². The zero-order valence-corrected chi connectivity index (χ0v) is 12.1. The van der Waals surface area contributed by atoms with E-state index in [1.165, 1.54) is 0 Å². The smallest absolute Gasteiger partial charge is 0.221 e. The third-order valence-electron chi connectivity index (χ3n) is 2.22. The molecule has 0 aliphatic rings. The molecule has 104 valence electrons. The molecule has 1 amide bonds. The molecule has 1 aromatic heterocycles. The summed E-state index contributed by atoms with van der Waals surface area (Å²) in [4.78, 5) is 11.4. The Kier molecular flexibility index (Phi) is 9.73. The second-order valence-electron chi connectivity index (χ2n) is 3.77. The number of nitrogens with zero attached hydrogens (tertiary/aromatic N) is 2. The highest BCUT2D eigenvalue weighted by Gasteiger charge is 2.02. The minimum Gasteiger partial charge on any atom is -0.355 e. The van der Waals surface area contributed by atoms with E-state index in [0.29, 0.717) is 24.5 Å². The van der Waals surface area contributed by atoms with Gasteiger partial charge in [0.2, 0.25) is 5.91 Å². The molecule has 0 spiro atoms. The second kappa shape index (κ2) is 10.2. The molecule has 18 heavy (non-hydrogen) atoms. The van der Waals surface area contributed by atoms with Gasteiger partial charge in [0.15, 0.2) is 0 Å². The Labute approximate surface area is 119 Å². The lowest BCUT2D eigenvalue weighted by molar-refractivity contribution is -0.121. The van der Waals surface area contributed by atoms with Gasteiger partial charge in [-0.15, -0.1) is 12.4 Å². The predicted octanol–water partition coefficient (Wildman–Crippen LogP) is 1.46. The van der Waals surface area contributed by atoms with E-state index in [1.54, 1.807) is 17.1 Å². The molecular formula is C11H20Cl2N4O. The highest BCUT2D eigenvalue weighted by Crippen LogP contribution is 2.04. The SMILES string of the molecule is CCCNCCNC(=O)CCn1cc(Cl)cn1.Cl. The first-order chi connectivity index (χ1) is 8.22. The van der Waals surface area contributed by atoms with Crippen LogP contribution in [0.15, 0.2) is 12.4 Å². The van der Waals surface area contributed by atoms with E-state index < -0.39 is 0 Å². The van der Waals surface area contributed by atoms with Crippen LogP contribution >= 0.6 is 24.0 Å². The Morgan fingerprint density at radius 2 is 2.22 bits per heavy atom. The molecule has 0 saturated heterocycles. The van der Waals surface area contributed by atoms with Crippen molar-refractivity contribution in [2.75, 3.05) is 19.6 Å². The lowest BCUT2D eigenvalue weighted by Gasteiger charge is -2.06. The number of aromatic nitrogens is 2. The molecule has 7 heteroatoms. The third-order valence-corrected chi connectivity index (χ3v) is 2.42. The lowest BCUT2D eigenvalue weighted by atomic mass is 10.4. The van der Waals surface area contributed by atoms with Crippen LogP contribution in [0.2, 0.25) is 5.02 Å². The molecule has 0 aromatic carbocycles. The van der Waals surface area contributed by atoms with E-state index in [1.807, 2.05) is 0 Å². The molecule has 0 aliphatic heterocycles. The highest BCUT2D eigenvalue weighted by atomic mass is 35.5.